The van der Waals surface area contributed by atoms with Gasteiger partial charge in [0.15, 0.2) is 9.84 Å². The Labute approximate surface area is 150 Å². The van der Waals surface area contributed by atoms with E-state index in [0.29, 0.717) is 6.54 Å². The van der Waals surface area contributed by atoms with Crippen molar-refractivity contribution in [3.8, 4) is 0 Å². The number of aryl methyl sites for hydroxylation is 1. The zero-order chi connectivity index (χ0) is 17.9. The minimum Gasteiger partial charge on any atom is -0.350 e. The Bertz CT molecular complexity index is 960. The Kier molecular flexibility index (Phi) is 5.15. The van der Waals surface area contributed by atoms with E-state index in [1.165, 1.54) is 11.3 Å². The van der Waals surface area contributed by atoms with Crippen LogP contribution in [0.2, 0.25) is 0 Å². The van der Waals surface area contributed by atoms with Crippen LogP contribution in [0.4, 0.5) is 0 Å². The van der Waals surface area contributed by atoms with Crippen molar-refractivity contribution < 1.29 is 13.2 Å². The Balaban J connectivity index is 1.54. The number of benzene rings is 2. The molecule has 3 aromatic rings. The van der Waals surface area contributed by atoms with E-state index in [0.717, 1.165) is 20.8 Å². The van der Waals surface area contributed by atoms with E-state index in [4.69, 9.17) is 0 Å². The van der Waals surface area contributed by atoms with Crippen LogP contribution in [-0.2, 0) is 21.2 Å². The number of carbonyl (C=O) groups excluding carboxylic acids is 1. The fourth-order valence-electron chi connectivity index (χ4n) is 2.35. The van der Waals surface area contributed by atoms with Crippen LogP contribution >= 0.6 is 11.3 Å². The standard InChI is InChI=1S/C18H18N2O3S2/c1-13-6-8-14(9-7-13)25(22,23)11-10-17(21)19-12-18-20-15-4-2-3-5-16(15)24-18/h2-9H,10-12H2,1H3,(H,19,21). The minimum absolute atomic E-state index is 0.0683. The summed E-state index contributed by atoms with van der Waals surface area (Å²) in [6.45, 7) is 2.20. The highest BCUT2D eigenvalue weighted by molar-refractivity contribution is 7.91. The van der Waals surface area contributed by atoms with Gasteiger partial charge in [-0.15, -0.1) is 11.3 Å². The van der Waals surface area contributed by atoms with Crippen molar-refractivity contribution in [2.45, 2.75) is 24.8 Å². The van der Waals surface area contributed by atoms with E-state index >= 15 is 0 Å². The molecule has 0 fully saturated rings. The predicted octanol–water partition coefficient (Wildman–Crippen LogP) is 3.08. The summed E-state index contributed by atoms with van der Waals surface area (Å²) in [6.07, 6.45) is -0.0683. The lowest BCUT2D eigenvalue weighted by Crippen LogP contribution is -2.25. The molecule has 7 heteroatoms. The van der Waals surface area contributed by atoms with Gasteiger partial charge in [-0.2, -0.15) is 0 Å². The highest BCUT2D eigenvalue weighted by atomic mass is 32.2. The number of hydrogen-bond donors (Lipinski definition) is 1. The van der Waals surface area contributed by atoms with Gasteiger partial charge in [0.2, 0.25) is 5.91 Å². The van der Waals surface area contributed by atoms with Crippen LogP contribution in [0.5, 0.6) is 0 Å². The second kappa shape index (κ2) is 7.33. The van der Waals surface area contributed by atoms with Crippen molar-refractivity contribution in [3.63, 3.8) is 0 Å². The van der Waals surface area contributed by atoms with Gasteiger partial charge in [-0.05, 0) is 31.2 Å². The first-order chi connectivity index (χ1) is 11.9. The number of hydrogen-bond acceptors (Lipinski definition) is 5. The summed E-state index contributed by atoms with van der Waals surface area (Å²) < 4.78 is 25.6. The molecule has 0 aliphatic carbocycles. The number of rotatable bonds is 6. The van der Waals surface area contributed by atoms with E-state index in [1.54, 1.807) is 24.3 Å². The van der Waals surface area contributed by atoms with Crippen LogP contribution in [0, 0.1) is 6.92 Å². The molecule has 1 aromatic heterocycles. The molecule has 130 valence electrons. The molecule has 0 aliphatic heterocycles. The van der Waals surface area contributed by atoms with Crippen LogP contribution in [0.25, 0.3) is 10.2 Å². The third-order valence-corrected chi connectivity index (χ3v) is 6.52. The molecule has 1 N–H and O–H groups in total. The smallest absolute Gasteiger partial charge is 0.221 e. The number of aromatic nitrogens is 1. The molecular formula is C18H18N2O3S2. The molecule has 0 unspecified atom stereocenters. The average Bonchev–Trinajstić information content (AvgIpc) is 3.01. The van der Waals surface area contributed by atoms with Crippen molar-refractivity contribution in [1.82, 2.24) is 10.3 Å². The van der Waals surface area contributed by atoms with Gasteiger partial charge in [0.05, 0.1) is 27.4 Å². The van der Waals surface area contributed by atoms with Crippen molar-refractivity contribution in [2.75, 3.05) is 5.75 Å². The third-order valence-electron chi connectivity index (χ3n) is 3.75. The van der Waals surface area contributed by atoms with E-state index < -0.39 is 9.84 Å². The molecule has 2 aromatic carbocycles. The molecule has 25 heavy (non-hydrogen) atoms. The molecular weight excluding hydrogens is 356 g/mol. The number of carbonyl (C=O) groups is 1. The molecule has 0 bridgehead atoms. The quantitative estimate of drug-likeness (QED) is 0.719. The van der Waals surface area contributed by atoms with Crippen LogP contribution in [0.1, 0.15) is 17.0 Å². The van der Waals surface area contributed by atoms with E-state index in [9.17, 15) is 13.2 Å². The maximum Gasteiger partial charge on any atom is 0.221 e. The lowest BCUT2D eigenvalue weighted by atomic mass is 10.2. The lowest BCUT2D eigenvalue weighted by molar-refractivity contribution is -0.120. The predicted molar refractivity (Wildman–Crippen MR) is 99.3 cm³/mol. The molecule has 3 rings (SSSR count). The molecule has 1 amide bonds. The first-order valence-electron chi connectivity index (χ1n) is 7.85. The highest BCUT2D eigenvalue weighted by Gasteiger charge is 2.16. The number of fused-ring (bicyclic) bond motifs is 1. The Morgan fingerprint density at radius 3 is 2.56 bits per heavy atom. The molecule has 0 radical (unpaired) electrons. The average molecular weight is 374 g/mol. The number of amides is 1. The van der Waals surface area contributed by atoms with Gasteiger partial charge in [0.25, 0.3) is 0 Å². The van der Waals surface area contributed by atoms with Crippen LogP contribution in [0.15, 0.2) is 53.4 Å². The summed E-state index contributed by atoms with van der Waals surface area (Å²) in [5.41, 5.74) is 1.89. The maximum absolute atomic E-state index is 12.2. The summed E-state index contributed by atoms with van der Waals surface area (Å²) in [4.78, 5) is 16.6. The SMILES string of the molecule is Cc1ccc(S(=O)(=O)CCC(=O)NCc2nc3ccccc3s2)cc1. The van der Waals surface area contributed by atoms with Crippen molar-refractivity contribution >= 4 is 37.3 Å². The van der Waals surface area contributed by atoms with Gasteiger partial charge in [-0.25, -0.2) is 13.4 Å². The van der Waals surface area contributed by atoms with Crippen molar-refractivity contribution in [2.24, 2.45) is 0 Å². The second-order valence-electron chi connectivity index (χ2n) is 5.73. The number of thiazole rings is 1. The second-order valence-corrected chi connectivity index (χ2v) is 8.96. The number of para-hydroxylation sites is 1. The normalized spacial score (nSPS) is 11.6. The first-order valence-corrected chi connectivity index (χ1v) is 10.3. The summed E-state index contributed by atoms with van der Waals surface area (Å²) >= 11 is 1.52. The largest absolute Gasteiger partial charge is 0.350 e. The molecule has 0 spiro atoms. The van der Waals surface area contributed by atoms with Crippen LogP contribution in [0.3, 0.4) is 0 Å². The Hall–Kier alpha value is -2.25. The zero-order valence-corrected chi connectivity index (χ0v) is 15.4. The van der Waals surface area contributed by atoms with Gasteiger partial charge < -0.3 is 5.32 Å². The van der Waals surface area contributed by atoms with Gasteiger partial charge in [-0.3, -0.25) is 4.79 Å². The molecule has 0 aliphatic rings. The summed E-state index contributed by atoms with van der Waals surface area (Å²) in [5.74, 6) is -0.503. The number of nitrogens with one attached hydrogen (secondary N) is 1. The third kappa shape index (κ3) is 4.43. The lowest BCUT2D eigenvalue weighted by Gasteiger charge is -2.05. The highest BCUT2D eigenvalue weighted by Crippen LogP contribution is 2.21. The monoisotopic (exact) mass is 374 g/mol. The number of sulfone groups is 1. The topological polar surface area (TPSA) is 76.1 Å². The van der Waals surface area contributed by atoms with Crippen LogP contribution in [-0.4, -0.2) is 25.1 Å². The zero-order valence-electron chi connectivity index (χ0n) is 13.7. The Morgan fingerprint density at radius 1 is 1.12 bits per heavy atom. The van der Waals surface area contributed by atoms with Crippen molar-refractivity contribution in [1.29, 1.82) is 0 Å². The molecule has 0 saturated heterocycles. The summed E-state index contributed by atoms with van der Waals surface area (Å²) in [5, 5.41) is 3.54. The van der Waals surface area contributed by atoms with E-state index in [-0.39, 0.29) is 23.0 Å². The van der Waals surface area contributed by atoms with E-state index in [1.807, 2.05) is 31.2 Å². The Morgan fingerprint density at radius 2 is 1.84 bits per heavy atom. The van der Waals surface area contributed by atoms with Crippen molar-refractivity contribution in [3.05, 3.63) is 59.1 Å². The minimum atomic E-state index is -3.45. The van der Waals surface area contributed by atoms with Crippen LogP contribution < -0.4 is 5.32 Å². The summed E-state index contributed by atoms with van der Waals surface area (Å²) in [6, 6.07) is 14.4. The van der Waals surface area contributed by atoms with E-state index in [2.05, 4.69) is 10.3 Å². The van der Waals surface area contributed by atoms with Gasteiger partial charge in [-0.1, -0.05) is 29.8 Å². The van der Waals surface area contributed by atoms with Gasteiger partial charge in [0, 0.05) is 6.42 Å². The van der Waals surface area contributed by atoms with Gasteiger partial charge in [0.1, 0.15) is 5.01 Å². The van der Waals surface area contributed by atoms with Gasteiger partial charge >= 0.3 is 0 Å². The molecule has 1 heterocycles. The number of nitrogens with zero attached hydrogens (tertiary/aromatic N) is 1. The molecule has 0 atom stereocenters. The summed E-state index contributed by atoms with van der Waals surface area (Å²) in [7, 11) is -3.45. The first kappa shape index (κ1) is 17.6. The molecule has 5 nitrogen and oxygen atoms in total. The fourth-order valence-corrected chi connectivity index (χ4v) is 4.50. The molecule has 0 saturated carbocycles. The fraction of sp³-hybridized carbons (Fsp3) is 0.222. The maximum atomic E-state index is 12.2.